The predicted molar refractivity (Wildman–Crippen MR) is 144 cm³/mol. The maximum Gasteiger partial charge on any atom is 0.326 e. The molecule has 14 nitrogen and oxygen atoms in total. The molecule has 0 radical (unpaired) electrons. The van der Waals surface area contributed by atoms with E-state index in [1.807, 2.05) is 18.2 Å². The Morgan fingerprint density at radius 1 is 0.875 bits per heavy atom. The van der Waals surface area contributed by atoms with E-state index >= 15 is 0 Å². The molecule has 0 spiro atoms. The summed E-state index contributed by atoms with van der Waals surface area (Å²) in [5, 5.41) is 26.7. The van der Waals surface area contributed by atoms with Gasteiger partial charge in [0.15, 0.2) is 0 Å². The van der Waals surface area contributed by atoms with Crippen LogP contribution in [0.4, 0.5) is 0 Å². The van der Waals surface area contributed by atoms with Gasteiger partial charge < -0.3 is 42.6 Å². The van der Waals surface area contributed by atoms with Crippen LogP contribution < -0.4 is 27.4 Å². The van der Waals surface area contributed by atoms with Crippen molar-refractivity contribution in [2.75, 3.05) is 0 Å². The number of carboxylic acids is 2. The zero-order valence-corrected chi connectivity index (χ0v) is 22.3. The summed E-state index contributed by atoms with van der Waals surface area (Å²) in [7, 11) is 0. The third-order valence-electron chi connectivity index (χ3n) is 6.28. The van der Waals surface area contributed by atoms with Gasteiger partial charge in [-0.3, -0.25) is 24.0 Å². The number of carboxylic acid groups (broad SMARTS) is 2. The molecule has 0 fully saturated rings. The number of hydrogen-bond acceptors (Lipinski definition) is 7. The summed E-state index contributed by atoms with van der Waals surface area (Å²) in [5.41, 5.74) is 12.4. The van der Waals surface area contributed by atoms with Gasteiger partial charge in [-0.1, -0.05) is 32.0 Å². The van der Waals surface area contributed by atoms with Gasteiger partial charge in [0.05, 0.1) is 6.04 Å². The second-order valence-electron chi connectivity index (χ2n) is 9.80. The van der Waals surface area contributed by atoms with Gasteiger partial charge in [-0.05, 0) is 30.4 Å². The number of aliphatic carboxylic acids is 2. The van der Waals surface area contributed by atoms with E-state index < -0.39 is 65.7 Å². The highest BCUT2D eigenvalue weighted by molar-refractivity contribution is 5.95. The van der Waals surface area contributed by atoms with Gasteiger partial charge in [0, 0.05) is 36.4 Å². The standard InChI is InChI=1S/C26H36N6O8/c1-13(2)22(32-23(36)16(27)7-10-21(34)35)25(38)30-18(8-9-20(28)33)24(37)31-19(26(39)40)11-14-12-29-17-6-4-3-5-15(14)17/h3-6,12-13,16,18-19,22,29H,7-11,27H2,1-2H3,(H2,28,33)(H,30,38)(H,31,37)(H,32,36)(H,34,35)(H,39,40). The summed E-state index contributed by atoms with van der Waals surface area (Å²) >= 11 is 0. The highest BCUT2D eigenvalue weighted by Gasteiger charge is 2.32. The van der Waals surface area contributed by atoms with Crippen LogP contribution in [0.1, 0.15) is 45.1 Å². The molecule has 0 aliphatic heterocycles. The molecule has 0 saturated heterocycles. The normalized spacial score (nSPS) is 14.1. The molecular weight excluding hydrogens is 524 g/mol. The highest BCUT2D eigenvalue weighted by atomic mass is 16.4. The van der Waals surface area contributed by atoms with Crippen molar-refractivity contribution in [3.63, 3.8) is 0 Å². The molecule has 1 heterocycles. The van der Waals surface area contributed by atoms with Gasteiger partial charge >= 0.3 is 11.9 Å². The number of carbonyl (C=O) groups is 6. The molecule has 0 aliphatic rings. The Bertz CT molecular complexity index is 1240. The van der Waals surface area contributed by atoms with Crippen molar-refractivity contribution in [3.8, 4) is 0 Å². The Balaban J connectivity index is 2.17. The van der Waals surface area contributed by atoms with E-state index in [9.17, 15) is 33.9 Å². The van der Waals surface area contributed by atoms with Crippen molar-refractivity contribution < 1.29 is 39.0 Å². The van der Waals surface area contributed by atoms with Crippen molar-refractivity contribution in [2.24, 2.45) is 17.4 Å². The van der Waals surface area contributed by atoms with E-state index in [1.165, 1.54) is 0 Å². The van der Waals surface area contributed by atoms with Crippen LogP contribution in [-0.4, -0.2) is 74.9 Å². The number of nitrogens with one attached hydrogen (secondary N) is 4. The molecule has 4 atom stereocenters. The Morgan fingerprint density at radius 3 is 2.12 bits per heavy atom. The van der Waals surface area contributed by atoms with E-state index in [-0.39, 0.29) is 32.1 Å². The zero-order valence-electron chi connectivity index (χ0n) is 22.3. The molecule has 2 rings (SSSR count). The number of rotatable bonds is 16. The van der Waals surface area contributed by atoms with Crippen molar-refractivity contribution >= 4 is 46.5 Å². The smallest absolute Gasteiger partial charge is 0.326 e. The summed E-state index contributed by atoms with van der Waals surface area (Å²) < 4.78 is 0. The van der Waals surface area contributed by atoms with Gasteiger partial charge in [-0.15, -0.1) is 0 Å². The number of fused-ring (bicyclic) bond motifs is 1. The molecule has 40 heavy (non-hydrogen) atoms. The molecule has 218 valence electrons. The van der Waals surface area contributed by atoms with Crippen LogP contribution in [0.25, 0.3) is 10.9 Å². The van der Waals surface area contributed by atoms with E-state index in [1.54, 1.807) is 26.1 Å². The number of aromatic nitrogens is 1. The molecule has 0 saturated carbocycles. The third-order valence-corrected chi connectivity index (χ3v) is 6.28. The maximum absolute atomic E-state index is 13.2. The van der Waals surface area contributed by atoms with Crippen LogP contribution in [0.5, 0.6) is 0 Å². The summed E-state index contributed by atoms with van der Waals surface area (Å²) in [4.78, 5) is 76.0. The SMILES string of the molecule is CC(C)C(NC(=O)C(N)CCC(=O)O)C(=O)NC(CCC(N)=O)C(=O)NC(Cc1c[nH]c2ccccc12)C(=O)O. The van der Waals surface area contributed by atoms with Gasteiger partial charge in [0.2, 0.25) is 23.6 Å². The lowest BCUT2D eigenvalue weighted by molar-refractivity contribution is -0.142. The predicted octanol–water partition coefficient (Wildman–Crippen LogP) is -0.637. The molecule has 10 N–H and O–H groups in total. The maximum atomic E-state index is 13.2. The monoisotopic (exact) mass is 560 g/mol. The molecule has 0 bridgehead atoms. The molecule has 4 unspecified atom stereocenters. The average molecular weight is 561 g/mol. The second-order valence-corrected chi connectivity index (χ2v) is 9.80. The van der Waals surface area contributed by atoms with Gasteiger partial charge in [-0.25, -0.2) is 4.79 Å². The van der Waals surface area contributed by atoms with Crippen LogP contribution >= 0.6 is 0 Å². The fourth-order valence-corrected chi connectivity index (χ4v) is 4.02. The Hall–Kier alpha value is -4.46. The van der Waals surface area contributed by atoms with Gasteiger partial charge in [0.25, 0.3) is 0 Å². The average Bonchev–Trinajstić information content (AvgIpc) is 3.29. The minimum atomic E-state index is -1.35. The van der Waals surface area contributed by atoms with E-state index in [2.05, 4.69) is 20.9 Å². The number of aromatic amines is 1. The molecule has 1 aromatic heterocycles. The third kappa shape index (κ3) is 9.38. The lowest BCUT2D eigenvalue weighted by Crippen LogP contribution is -2.58. The van der Waals surface area contributed by atoms with Crippen LogP contribution in [-0.2, 0) is 35.2 Å². The quantitative estimate of drug-likeness (QED) is 0.130. The molecule has 1 aromatic carbocycles. The van der Waals surface area contributed by atoms with E-state index in [4.69, 9.17) is 16.6 Å². The number of para-hydroxylation sites is 1. The first-order valence-corrected chi connectivity index (χ1v) is 12.7. The molecule has 0 aliphatic carbocycles. The number of benzene rings is 1. The zero-order chi connectivity index (χ0) is 30.0. The van der Waals surface area contributed by atoms with Gasteiger partial charge in [-0.2, -0.15) is 0 Å². The summed E-state index contributed by atoms with van der Waals surface area (Å²) in [5.74, 6) is -6.02. The Morgan fingerprint density at radius 2 is 1.52 bits per heavy atom. The number of nitrogens with two attached hydrogens (primary N) is 2. The van der Waals surface area contributed by atoms with Crippen LogP contribution in [0.3, 0.4) is 0 Å². The summed E-state index contributed by atoms with van der Waals surface area (Å²) in [6, 6.07) is 2.22. The highest BCUT2D eigenvalue weighted by Crippen LogP contribution is 2.19. The minimum Gasteiger partial charge on any atom is -0.481 e. The van der Waals surface area contributed by atoms with E-state index in [0.717, 1.165) is 10.9 Å². The molecule has 2 aromatic rings. The Labute approximate surface area is 230 Å². The van der Waals surface area contributed by atoms with Gasteiger partial charge in [0.1, 0.15) is 18.1 Å². The van der Waals surface area contributed by atoms with Crippen LogP contribution in [0, 0.1) is 5.92 Å². The summed E-state index contributed by atoms with van der Waals surface area (Å²) in [6.07, 6.45) is 0.604. The topological polar surface area (TPSA) is 247 Å². The molecule has 4 amide bonds. The van der Waals surface area contributed by atoms with Crippen molar-refractivity contribution in [2.45, 2.75) is 70.1 Å². The van der Waals surface area contributed by atoms with Crippen molar-refractivity contribution in [3.05, 3.63) is 36.0 Å². The lowest BCUT2D eigenvalue weighted by atomic mass is 10.0. The molecular formula is C26H36N6O8. The first kappa shape index (κ1) is 31.8. The van der Waals surface area contributed by atoms with Crippen LogP contribution in [0.2, 0.25) is 0 Å². The molecule has 14 heteroatoms. The number of primary amides is 1. The number of carbonyl (C=O) groups excluding carboxylic acids is 4. The van der Waals surface area contributed by atoms with Crippen molar-refractivity contribution in [1.82, 2.24) is 20.9 Å². The second kappa shape index (κ2) is 14.6. The number of H-pyrrole nitrogens is 1. The summed E-state index contributed by atoms with van der Waals surface area (Å²) in [6.45, 7) is 3.26. The van der Waals surface area contributed by atoms with Crippen molar-refractivity contribution in [1.29, 1.82) is 0 Å². The number of amides is 4. The fraction of sp³-hybridized carbons (Fsp3) is 0.462. The first-order valence-electron chi connectivity index (χ1n) is 12.7. The Kier molecular flexibility index (Phi) is 11.6. The first-order chi connectivity index (χ1) is 18.8. The number of hydrogen-bond donors (Lipinski definition) is 8. The van der Waals surface area contributed by atoms with E-state index in [0.29, 0.717) is 5.56 Å². The fourth-order valence-electron chi connectivity index (χ4n) is 4.02. The lowest BCUT2D eigenvalue weighted by Gasteiger charge is -2.27. The minimum absolute atomic E-state index is 0.0551. The largest absolute Gasteiger partial charge is 0.481 e. The van der Waals surface area contributed by atoms with Crippen LogP contribution in [0.15, 0.2) is 30.5 Å².